The molecule has 0 unspecified atom stereocenters. The molecule has 1 N–H and O–H groups in total. The van der Waals surface area contributed by atoms with Gasteiger partial charge in [0, 0.05) is 36.2 Å². The van der Waals surface area contributed by atoms with Gasteiger partial charge in [-0.25, -0.2) is 14.6 Å². The second-order valence-corrected chi connectivity index (χ2v) is 4.96. The van der Waals surface area contributed by atoms with Crippen LogP contribution >= 0.6 is 0 Å². The minimum Gasteiger partial charge on any atom is -0.310 e. The number of nitrogens with one attached hydrogen (secondary N) is 1. The molecule has 0 aliphatic rings. The Bertz CT molecular complexity index is 619. The number of alkyl halides is 3. The summed E-state index contributed by atoms with van der Waals surface area (Å²) in [6.07, 6.45) is -1.67. The summed E-state index contributed by atoms with van der Waals surface area (Å²) < 4.78 is 38.6. The van der Waals surface area contributed by atoms with Crippen molar-refractivity contribution >= 4 is 0 Å². The number of nitrogens with zero attached hydrogens (tertiary/aromatic N) is 4. The molecule has 0 atom stereocenters. The van der Waals surface area contributed by atoms with Crippen molar-refractivity contribution < 1.29 is 13.2 Å². The lowest BCUT2D eigenvalue weighted by Crippen LogP contribution is -2.23. The van der Waals surface area contributed by atoms with E-state index in [4.69, 9.17) is 0 Å². The van der Waals surface area contributed by atoms with Crippen LogP contribution in [0.5, 0.6) is 0 Å². The Balaban J connectivity index is 2.22. The van der Waals surface area contributed by atoms with Gasteiger partial charge in [0.15, 0.2) is 5.69 Å². The first-order valence-corrected chi connectivity index (χ1v) is 6.46. The monoisotopic (exact) mass is 299 g/mol. The molecular formula is C13H16F3N5. The lowest BCUT2D eigenvalue weighted by Gasteiger charge is -2.10. The fourth-order valence-corrected chi connectivity index (χ4v) is 1.66. The van der Waals surface area contributed by atoms with E-state index >= 15 is 0 Å². The third-order valence-corrected chi connectivity index (χ3v) is 2.85. The van der Waals surface area contributed by atoms with Gasteiger partial charge in [-0.2, -0.15) is 18.3 Å². The van der Waals surface area contributed by atoms with Gasteiger partial charge in [-0.05, 0) is 13.0 Å². The summed E-state index contributed by atoms with van der Waals surface area (Å²) in [5.74, 6) is 0.122. The van der Waals surface area contributed by atoms with Crippen LogP contribution in [0.2, 0.25) is 0 Å². The van der Waals surface area contributed by atoms with E-state index in [2.05, 4.69) is 20.4 Å². The zero-order valence-electron chi connectivity index (χ0n) is 11.9. The van der Waals surface area contributed by atoms with Gasteiger partial charge in [0.2, 0.25) is 0 Å². The summed E-state index contributed by atoms with van der Waals surface area (Å²) in [4.78, 5) is 8.26. The highest BCUT2D eigenvalue weighted by molar-refractivity contribution is 5.22. The van der Waals surface area contributed by atoms with Crippen LogP contribution < -0.4 is 5.32 Å². The summed E-state index contributed by atoms with van der Waals surface area (Å²) in [7, 11) is 0. The Kier molecular flexibility index (Phi) is 4.26. The van der Waals surface area contributed by atoms with Gasteiger partial charge in [0.25, 0.3) is 5.95 Å². The molecule has 0 fully saturated rings. The van der Waals surface area contributed by atoms with Crippen molar-refractivity contribution in [2.45, 2.75) is 39.5 Å². The Morgan fingerprint density at radius 2 is 2.05 bits per heavy atom. The SMILES string of the molecule is Cc1nc(-n2ccc(C(F)(F)F)n2)ncc1CNC(C)C. The molecule has 0 saturated heterocycles. The second kappa shape index (κ2) is 5.80. The van der Waals surface area contributed by atoms with Crippen molar-refractivity contribution in [1.82, 2.24) is 25.1 Å². The zero-order valence-corrected chi connectivity index (χ0v) is 11.9. The molecule has 5 nitrogen and oxygen atoms in total. The number of aryl methyl sites for hydroxylation is 1. The van der Waals surface area contributed by atoms with Crippen LogP contribution in [0, 0.1) is 6.92 Å². The number of rotatable bonds is 4. The normalized spacial score (nSPS) is 12.1. The Morgan fingerprint density at radius 1 is 1.33 bits per heavy atom. The van der Waals surface area contributed by atoms with Crippen molar-refractivity contribution in [3.05, 3.63) is 35.4 Å². The molecule has 2 aromatic heterocycles. The predicted octanol–water partition coefficient (Wildman–Crippen LogP) is 2.49. The van der Waals surface area contributed by atoms with Crippen molar-refractivity contribution in [2.24, 2.45) is 0 Å². The molecule has 21 heavy (non-hydrogen) atoms. The van der Waals surface area contributed by atoms with E-state index in [1.54, 1.807) is 13.1 Å². The molecule has 0 amide bonds. The summed E-state index contributed by atoms with van der Waals surface area (Å²) in [6, 6.07) is 1.22. The van der Waals surface area contributed by atoms with Crippen LogP contribution in [0.1, 0.15) is 30.8 Å². The van der Waals surface area contributed by atoms with E-state index in [0.29, 0.717) is 18.3 Å². The maximum absolute atomic E-state index is 12.5. The topological polar surface area (TPSA) is 55.6 Å². The molecule has 2 rings (SSSR count). The summed E-state index contributed by atoms with van der Waals surface area (Å²) in [6.45, 7) is 6.44. The lowest BCUT2D eigenvalue weighted by atomic mass is 10.2. The Morgan fingerprint density at radius 3 is 2.57 bits per heavy atom. The van der Waals surface area contributed by atoms with Crippen LogP contribution in [-0.4, -0.2) is 25.8 Å². The first-order chi connectivity index (χ1) is 9.77. The molecule has 0 radical (unpaired) electrons. The van der Waals surface area contributed by atoms with Crippen molar-refractivity contribution in [3.63, 3.8) is 0 Å². The van der Waals surface area contributed by atoms with E-state index in [1.165, 1.54) is 6.20 Å². The molecule has 8 heteroatoms. The maximum atomic E-state index is 12.5. The third-order valence-electron chi connectivity index (χ3n) is 2.85. The first-order valence-electron chi connectivity index (χ1n) is 6.46. The average molecular weight is 299 g/mol. The molecule has 0 saturated carbocycles. The maximum Gasteiger partial charge on any atom is 0.435 e. The molecule has 2 aromatic rings. The van der Waals surface area contributed by atoms with Crippen LogP contribution in [0.4, 0.5) is 13.2 Å². The molecule has 0 spiro atoms. The van der Waals surface area contributed by atoms with Gasteiger partial charge >= 0.3 is 6.18 Å². The van der Waals surface area contributed by atoms with Crippen LogP contribution in [-0.2, 0) is 12.7 Å². The molecule has 0 aromatic carbocycles. The van der Waals surface area contributed by atoms with Gasteiger partial charge in [0.1, 0.15) is 0 Å². The van der Waals surface area contributed by atoms with Crippen LogP contribution in [0.25, 0.3) is 5.95 Å². The Labute approximate surface area is 120 Å². The van der Waals surface area contributed by atoms with Gasteiger partial charge in [-0.1, -0.05) is 13.8 Å². The first kappa shape index (κ1) is 15.4. The fourth-order valence-electron chi connectivity index (χ4n) is 1.66. The molecule has 0 aliphatic carbocycles. The number of hydrogen-bond donors (Lipinski definition) is 1. The van der Waals surface area contributed by atoms with Crippen molar-refractivity contribution in [2.75, 3.05) is 0 Å². The average Bonchev–Trinajstić information content (AvgIpc) is 2.86. The molecule has 2 heterocycles. The highest BCUT2D eigenvalue weighted by Crippen LogP contribution is 2.27. The second-order valence-electron chi connectivity index (χ2n) is 4.96. The number of aromatic nitrogens is 4. The van der Waals surface area contributed by atoms with Crippen molar-refractivity contribution in [3.8, 4) is 5.95 Å². The molecule has 114 valence electrons. The van der Waals surface area contributed by atoms with Crippen LogP contribution in [0.3, 0.4) is 0 Å². The summed E-state index contributed by atoms with van der Waals surface area (Å²) in [5.41, 5.74) is 0.641. The lowest BCUT2D eigenvalue weighted by molar-refractivity contribution is -0.141. The predicted molar refractivity (Wildman–Crippen MR) is 70.9 cm³/mol. The van der Waals surface area contributed by atoms with Gasteiger partial charge < -0.3 is 5.32 Å². The zero-order chi connectivity index (χ0) is 15.6. The number of halogens is 3. The summed E-state index contributed by atoms with van der Waals surface area (Å²) >= 11 is 0. The molecule has 0 bridgehead atoms. The molecular weight excluding hydrogens is 283 g/mol. The minimum absolute atomic E-state index is 0.122. The van der Waals surface area contributed by atoms with E-state index < -0.39 is 11.9 Å². The third kappa shape index (κ3) is 3.78. The van der Waals surface area contributed by atoms with E-state index in [1.807, 2.05) is 13.8 Å². The smallest absolute Gasteiger partial charge is 0.310 e. The molecule has 0 aliphatic heterocycles. The number of hydrogen-bond acceptors (Lipinski definition) is 4. The van der Waals surface area contributed by atoms with Crippen LogP contribution in [0.15, 0.2) is 18.5 Å². The largest absolute Gasteiger partial charge is 0.435 e. The van der Waals surface area contributed by atoms with E-state index in [0.717, 1.165) is 16.3 Å². The quantitative estimate of drug-likeness (QED) is 0.942. The van der Waals surface area contributed by atoms with Gasteiger partial charge in [-0.3, -0.25) is 0 Å². The Hall–Kier alpha value is -1.96. The highest BCUT2D eigenvalue weighted by atomic mass is 19.4. The van der Waals surface area contributed by atoms with Crippen molar-refractivity contribution in [1.29, 1.82) is 0 Å². The van der Waals surface area contributed by atoms with Gasteiger partial charge in [0.05, 0.1) is 0 Å². The fraction of sp³-hybridized carbons (Fsp3) is 0.462. The standard InChI is InChI=1S/C13H16F3N5/c1-8(2)17-6-10-7-18-12(19-9(10)3)21-5-4-11(20-21)13(14,15)16/h4-5,7-8,17H,6H2,1-3H3. The minimum atomic E-state index is -4.47. The summed E-state index contributed by atoms with van der Waals surface area (Å²) in [5, 5.41) is 6.68. The van der Waals surface area contributed by atoms with E-state index in [-0.39, 0.29) is 5.95 Å². The highest BCUT2D eigenvalue weighted by Gasteiger charge is 2.33. The van der Waals surface area contributed by atoms with E-state index in [9.17, 15) is 13.2 Å². The van der Waals surface area contributed by atoms with Gasteiger partial charge in [-0.15, -0.1) is 0 Å².